The summed E-state index contributed by atoms with van der Waals surface area (Å²) in [7, 11) is 0. The molecule has 0 radical (unpaired) electrons. The minimum Gasteiger partial charge on any atom is -0.351 e. The highest BCUT2D eigenvalue weighted by Gasteiger charge is 2.56. The fourth-order valence-corrected chi connectivity index (χ4v) is 2.54. The van der Waals surface area contributed by atoms with Gasteiger partial charge < -0.3 is 5.32 Å². The maximum Gasteiger partial charge on any atom is 0.401 e. The van der Waals surface area contributed by atoms with Crippen molar-refractivity contribution in [2.45, 2.75) is 43.7 Å². The summed E-state index contributed by atoms with van der Waals surface area (Å²) in [6.45, 7) is -1.08. The molecule has 0 aromatic heterocycles. The van der Waals surface area contributed by atoms with Gasteiger partial charge in [0, 0.05) is 6.04 Å². The van der Waals surface area contributed by atoms with E-state index in [4.69, 9.17) is 0 Å². The van der Waals surface area contributed by atoms with Crippen LogP contribution in [0.15, 0.2) is 0 Å². The molecule has 0 aromatic rings. The third kappa shape index (κ3) is 3.77. The molecule has 9 heteroatoms. The molecule has 1 aliphatic carbocycles. The molecule has 1 saturated heterocycles. The van der Waals surface area contributed by atoms with Crippen LogP contribution in [0.25, 0.3) is 0 Å². The average Bonchev–Trinajstić information content (AvgIpc) is 2.87. The number of halogens is 6. The van der Waals surface area contributed by atoms with Crippen LogP contribution < -0.4 is 5.32 Å². The molecule has 1 heterocycles. The van der Waals surface area contributed by atoms with Crippen molar-refractivity contribution >= 4 is 5.91 Å². The molecular formula is C11H14F6N2O. The van der Waals surface area contributed by atoms with E-state index in [0.717, 1.165) is 4.90 Å². The van der Waals surface area contributed by atoms with Crippen molar-refractivity contribution in [2.75, 3.05) is 13.1 Å². The van der Waals surface area contributed by atoms with E-state index in [0.29, 0.717) is 6.42 Å². The molecular weight excluding hydrogens is 290 g/mol. The molecule has 20 heavy (non-hydrogen) atoms. The van der Waals surface area contributed by atoms with Crippen LogP contribution in [0.5, 0.6) is 0 Å². The lowest BCUT2D eigenvalue weighted by molar-refractivity contribution is -0.152. The van der Waals surface area contributed by atoms with Crippen LogP contribution in [-0.4, -0.2) is 48.3 Å². The quantitative estimate of drug-likeness (QED) is 0.810. The number of nitrogens with zero attached hydrogens (tertiary/aromatic N) is 1. The number of carbonyl (C=O) groups excluding carboxylic acids is 1. The van der Waals surface area contributed by atoms with Crippen LogP contribution in [0.2, 0.25) is 0 Å². The third-order valence-corrected chi connectivity index (χ3v) is 3.59. The lowest BCUT2D eigenvalue weighted by Crippen LogP contribution is -2.47. The second-order valence-corrected chi connectivity index (χ2v) is 5.24. The normalized spacial score (nSPS) is 31.4. The van der Waals surface area contributed by atoms with E-state index < -0.39 is 42.8 Å². The number of alkyl halides is 6. The van der Waals surface area contributed by atoms with Crippen molar-refractivity contribution in [1.29, 1.82) is 0 Å². The zero-order valence-corrected chi connectivity index (χ0v) is 10.4. The van der Waals surface area contributed by atoms with E-state index in [-0.39, 0.29) is 19.4 Å². The average molecular weight is 304 g/mol. The number of likely N-dealkylation sites (tertiary alicyclic amines) is 1. The molecule has 1 amide bonds. The van der Waals surface area contributed by atoms with Crippen molar-refractivity contribution in [3.63, 3.8) is 0 Å². The van der Waals surface area contributed by atoms with Crippen molar-refractivity contribution in [3.8, 4) is 0 Å². The molecule has 3 nitrogen and oxygen atoms in total. The number of rotatable bonds is 3. The Balaban J connectivity index is 1.86. The highest BCUT2D eigenvalue weighted by molar-refractivity contribution is 5.82. The minimum absolute atomic E-state index is 0.130. The van der Waals surface area contributed by atoms with Gasteiger partial charge in [0.25, 0.3) is 0 Å². The van der Waals surface area contributed by atoms with Crippen LogP contribution in [0, 0.1) is 5.92 Å². The van der Waals surface area contributed by atoms with E-state index in [9.17, 15) is 31.1 Å². The topological polar surface area (TPSA) is 32.3 Å². The maximum atomic E-state index is 12.3. The van der Waals surface area contributed by atoms with E-state index in [1.807, 2.05) is 0 Å². The number of amides is 1. The predicted molar refractivity (Wildman–Crippen MR) is 56.7 cm³/mol. The van der Waals surface area contributed by atoms with Gasteiger partial charge in [-0.1, -0.05) is 0 Å². The second kappa shape index (κ2) is 5.09. The summed E-state index contributed by atoms with van der Waals surface area (Å²) >= 11 is 0. The third-order valence-electron chi connectivity index (χ3n) is 3.59. The summed E-state index contributed by atoms with van der Waals surface area (Å²) in [5.74, 6) is -2.30. The Morgan fingerprint density at radius 3 is 2.35 bits per heavy atom. The monoisotopic (exact) mass is 304 g/mol. The zero-order chi connectivity index (χ0) is 15.1. The van der Waals surface area contributed by atoms with Crippen LogP contribution in [-0.2, 0) is 4.79 Å². The molecule has 0 spiro atoms. The molecule has 2 aliphatic rings. The Morgan fingerprint density at radius 2 is 1.85 bits per heavy atom. The van der Waals surface area contributed by atoms with Gasteiger partial charge in [-0.25, -0.2) is 0 Å². The number of hydrogen-bond donors (Lipinski definition) is 1. The minimum atomic E-state index is -4.42. The first-order valence-electron chi connectivity index (χ1n) is 6.26. The van der Waals surface area contributed by atoms with E-state index in [1.54, 1.807) is 0 Å². The Kier molecular flexibility index (Phi) is 3.92. The van der Waals surface area contributed by atoms with Gasteiger partial charge in [0.1, 0.15) is 0 Å². The van der Waals surface area contributed by atoms with Crippen LogP contribution in [0.3, 0.4) is 0 Å². The second-order valence-electron chi connectivity index (χ2n) is 5.24. The van der Waals surface area contributed by atoms with Gasteiger partial charge in [-0.05, 0) is 25.8 Å². The Morgan fingerprint density at radius 1 is 1.20 bits per heavy atom. The fraction of sp³-hybridized carbons (Fsp3) is 0.909. The predicted octanol–water partition coefficient (Wildman–Crippen LogP) is 2.08. The Bertz CT molecular complexity index is 380. The van der Waals surface area contributed by atoms with Crippen molar-refractivity contribution in [3.05, 3.63) is 0 Å². The molecule has 0 bridgehead atoms. The molecule has 1 unspecified atom stereocenters. The van der Waals surface area contributed by atoms with E-state index in [1.165, 1.54) is 0 Å². The summed E-state index contributed by atoms with van der Waals surface area (Å²) in [4.78, 5) is 12.7. The number of nitrogens with one attached hydrogen (secondary N) is 1. The van der Waals surface area contributed by atoms with Crippen molar-refractivity contribution in [1.82, 2.24) is 10.2 Å². The molecule has 2 fully saturated rings. The van der Waals surface area contributed by atoms with Gasteiger partial charge in [0.05, 0.1) is 18.5 Å². The van der Waals surface area contributed by atoms with Gasteiger partial charge in [-0.15, -0.1) is 0 Å². The molecule has 0 aromatic carbocycles. The van der Waals surface area contributed by atoms with Crippen molar-refractivity contribution < 1.29 is 31.1 Å². The van der Waals surface area contributed by atoms with Gasteiger partial charge in [-0.3, -0.25) is 9.69 Å². The van der Waals surface area contributed by atoms with Gasteiger partial charge in [-0.2, -0.15) is 26.3 Å². The summed E-state index contributed by atoms with van der Waals surface area (Å²) in [6.07, 6.45) is -8.30. The molecule has 116 valence electrons. The largest absolute Gasteiger partial charge is 0.401 e. The van der Waals surface area contributed by atoms with Crippen LogP contribution in [0.1, 0.15) is 19.3 Å². The smallest absolute Gasteiger partial charge is 0.351 e. The van der Waals surface area contributed by atoms with E-state index in [2.05, 4.69) is 5.32 Å². The Labute approximate surface area is 111 Å². The standard InChI is InChI=1S/C11H14F6N2O/c12-10(13,14)5-19-3-1-2-8(19)9(20)18-7-4-6(7)11(15,16)17/h6-8H,1-5H2,(H,18,20)/t6-,7-,8?/m1/s1. The van der Waals surface area contributed by atoms with E-state index >= 15 is 0 Å². The fourth-order valence-electron chi connectivity index (χ4n) is 2.54. The van der Waals surface area contributed by atoms with Crippen LogP contribution in [0.4, 0.5) is 26.3 Å². The Hall–Kier alpha value is -0.990. The molecule has 2 rings (SSSR count). The summed E-state index contributed by atoms with van der Waals surface area (Å²) in [6, 6.07) is -1.97. The highest BCUT2D eigenvalue weighted by atomic mass is 19.4. The highest BCUT2D eigenvalue weighted by Crippen LogP contribution is 2.44. The van der Waals surface area contributed by atoms with Gasteiger partial charge in [0.2, 0.25) is 5.91 Å². The number of hydrogen-bond acceptors (Lipinski definition) is 2. The maximum absolute atomic E-state index is 12.3. The molecule has 1 saturated carbocycles. The first kappa shape index (κ1) is 15.4. The SMILES string of the molecule is O=C(N[C@@H]1C[C@H]1C(F)(F)F)C1CCCN1CC(F)(F)F. The lowest BCUT2D eigenvalue weighted by Gasteiger charge is -2.24. The summed E-state index contributed by atoms with van der Waals surface area (Å²) in [5, 5.41) is 2.20. The number of carbonyl (C=O) groups is 1. The molecule has 3 atom stereocenters. The first-order chi connectivity index (χ1) is 9.08. The molecule has 1 N–H and O–H groups in total. The zero-order valence-electron chi connectivity index (χ0n) is 10.4. The first-order valence-corrected chi connectivity index (χ1v) is 6.26. The van der Waals surface area contributed by atoms with Gasteiger partial charge >= 0.3 is 12.4 Å². The lowest BCUT2D eigenvalue weighted by atomic mass is 10.2. The van der Waals surface area contributed by atoms with Crippen molar-refractivity contribution in [2.24, 2.45) is 5.92 Å². The molecule has 1 aliphatic heterocycles. The van der Waals surface area contributed by atoms with Crippen LogP contribution >= 0.6 is 0 Å². The summed E-state index contributed by atoms with van der Waals surface area (Å²) in [5.41, 5.74) is 0. The summed E-state index contributed by atoms with van der Waals surface area (Å²) < 4.78 is 73.9. The van der Waals surface area contributed by atoms with Gasteiger partial charge in [0.15, 0.2) is 0 Å².